The number of aromatic nitrogens is 2. The average Bonchev–Trinajstić information content (AvgIpc) is 3.39. The van der Waals surface area contributed by atoms with Crippen LogP contribution in [-0.2, 0) is 0 Å². The van der Waals surface area contributed by atoms with Gasteiger partial charge in [-0.2, -0.15) is 0 Å². The van der Waals surface area contributed by atoms with Gasteiger partial charge in [0.05, 0.1) is 42.3 Å². The number of carbonyl (C=O) groups is 3. The molecule has 0 aliphatic rings. The number of H-pyrrole nitrogens is 1. The summed E-state index contributed by atoms with van der Waals surface area (Å²) in [5.41, 5.74) is 6.87. The molecule has 2 amide bonds. The first-order valence-corrected chi connectivity index (χ1v) is 12.9. The molecular formula is C28H16Cl4N4O3. The van der Waals surface area contributed by atoms with Gasteiger partial charge in [0.2, 0.25) is 0 Å². The van der Waals surface area contributed by atoms with E-state index in [1.807, 2.05) is 6.07 Å². The molecule has 1 aromatic heterocycles. The first-order chi connectivity index (χ1) is 18.8. The van der Waals surface area contributed by atoms with Crippen LogP contribution >= 0.6 is 46.4 Å². The lowest BCUT2D eigenvalue weighted by atomic mass is 10.0. The molecule has 0 atom stereocenters. The lowest BCUT2D eigenvalue weighted by molar-refractivity contribution is 0.0847. The van der Waals surface area contributed by atoms with Gasteiger partial charge in [-0.1, -0.05) is 94.9 Å². The molecule has 0 saturated heterocycles. The molecule has 5 aromatic rings. The molecule has 39 heavy (non-hydrogen) atoms. The lowest BCUT2D eigenvalue weighted by Gasteiger charge is -2.15. The molecule has 5 rings (SSSR count). The van der Waals surface area contributed by atoms with Gasteiger partial charge in [0.1, 0.15) is 5.82 Å². The molecule has 3 N–H and O–H groups in total. The Morgan fingerprint density at radius 1 is 0.641 bits per heavy atom. The topological polar surface area (TPSA) is 104 Å². The number of halogens is 4. The molecule has 0 radical (unpaired) electrons. The zero-order chi connectivity index (χ0) is 27.7. The number of nitrogens with zero attached hydrogens (tertiary/aromatic N) is 1. The Morgan fingerprint density at radius 3 is 1.90 bits per heavy atom. The van der Waals surface area contributed by atoms with Crippen molar-refractivity contribution in [2.75, 3.05) is 0 Å². The highest BCUT2D eigenvalue weighted by Gasteiger charge is 2.28. The average molecular weight is 598 g/mol. The minimum absolute atomic E-state index is 0.0645. The number of amides is 2. The summed E-state index contributed by atoms with van der Waals surface area (Å²) in [5.74, 6) is -1.37. The normalized spacial score (nSPS) is 10.9. The van der Waals surface area contributed by atoms with Crippen molar-refractivity contribution in [2.45, 2.75) is 0 Å². The molecule has 0 spiro atoms. The maximum Gasteiger partial charge on any atom is 0.272 e. The van der Waals surface area contributed by atoms with Crippen LogP contribution in [0, 0.1) is 0 Å². The third kappa shape index (κ3) is 5.22. The van der Waals surface area contributed by atoms with Crippen molar-refractivity contribution in [3.8, 4) is 11.4 Å². The third-order valence-electron chi connectivity index (χ3n) is 5.84. The summed E-state index contributed by atoms with van der Waals surface area (Å²) in [7, 11) is 0. The van der Waals surface area contributed by atoms with E-state index in [0.29, 0.717) is 27.7 Å². The van der Waals surface area contributed by atoms with Crippen LogP contribution in [0.25, 0.3) is 22.4 Å². The van der Waals surface area contributed by atoms with Gasteiger partial charge >= 0.3 is 0 Å². The van der Waals surface area contributed by atoms with Crippen LogP contribution in [0.4, 0.5) is 0 Å². The van der Waals surface area contributed by atoms with Crippen molar-refractivity contribution in [2.24, 2.45) is 0 Å². The number of hydrogen-bond donors (Lipinski definition) is 3. The SMILES string of the molecule is O=C(NNC(=O)c1c(Cl)c(Cl)c(Cl)c(Cl)c1-c1nc2ccc(C(=O)c3ccccc3)cc2[nH]1)c1ccccc1. The maximum absolute atomic E-state index is 13.3. The van der Waals surface area contributed by atoms with Gasteiger partial charge in [-0.25, -0.2) is 4.98 Å². The number of carbonyl (C=O) groups excluding carboxylic acids is 3. The monoisotopic (exact) mass is 596 g/mol. The minimum atomic E-state index is -0.805. The molecule has 0 unspecified atom stereocenters. The van der Waals surface area contributed by atoms with Gasteiger partial charge in [-0.05, 0) is 30.3 Å². The molecule has 194 valence electrons. The summed E-state index contributed by atoms with van der Waals surface area (Å²) >= 11 is 25.6. The summed E-state index contributed by atoms with van der Waals surface area (Å²) in [4.78, 5) is 46.3. The molecule has 0 saturated carbocycles. The van der Waals surface area contributed by atoms with Crippen LogP contribution < -0.4 is 10.9 Å². The largest absolute Gasteiger partial charge is 0.338 e. The number of benzene rings is 4. The van der Waals surface area contributed by atoms with Crippen molar-refractivity contribution < 1.29 is 14.4 Å². The summed E-state index contributed by atoms with van der Waals surface area (Å²) in [6.07, 6.45) is 0. The van der Waals surface area contributed by atoms with Crippen LogP contribution in [-0.4, -0.2) is 27.6 Å². The predicted octanol–water partition coefficient (Wildman–Crippen LogP) is 7.15. The van der Waals surface area contributed by atoms with Gasteiger partial charge in [0, 0.05) is 16.7 Å². The van der Waals surface area contributed by atoms with Gasteiger partial charge in [-0.15, -0.1) is 0 Å². The first kappa shape index (κ1) is 26.7. The van der Waals surface area contributed by atoms with E-state index in [-0.39, 0.29) is 42.8 Å². The summed E-state index contributed by atoms with van der Waals surface area (Å²) in [6.45, 7) is 0. The summed E-state index contributed by atoms with van der Waals surface area (Å²) in [5, 5.41) is -0.486. The number of fused-ring (bicyclic) bond motifs is 1. The Hall–Kier alpha value is -3.88. The highest BCUT2D eigenvalue weighted by Crippen LogP contribution is 2.45. The molecule has 0 aliphatic heterocycles. The number of hydrogen-bond acceptors (Lipinski definition) is 4. The van der Waals surface area contributed by atoms with E-state index in [4.69, 9.17) is 46.4 Å². The second-order valence-electron chi connectivity index (χ2n) is 8.29. The van der Waals surface area contributed by atoms with Crippen LogP contribution in [0.15, 0.2) is 78.9 Å². The standard InChI is InChI=1S/C28H16Cl4N4O3/c29-21-19(26-33-17-12-11-16(13-18(17)34-26)25(37)14-7-3-1-4-8-14)20(22(30)24(32)23(21)31)28(39)36-35-27(38)15-9-5-2-6-10-15/h1-13H,(H,33,34)(H,35,38)(H,36,39). The van der Waals surface area contributed by atoms with Crippen LogP contribution in [0.3, 0.4) is 0 Å². The highest BCUT2D eigenvalue weighted by atomic mass is 35.5. The quantitative estimate of drug-likeness (QED) is 0.0866. The maximum atomic E-state index is 13.3. The Labute approximate surface area is 242 Å². The first-order valence-electron chi connectivity index (χ1n) is 11.4. The number of hydrazine groups is 1. The fourth-order valence-electron chi connectivity index (χ4n) is 3.93. The van der Waals surface area contributed by atoms with E-state index in [1.54, 1.807) is 72.8 Å². The fourth-order valence-corrected chi connectivity index (χ4v) is 4.96. The van der Waals surface area contributed by atoms with E-state index in [1.165, 1.54) is 0 Å². The van der Waals surface area contributed by atoms with Gasteiger partial charge in [-0.3, -0.25) is 25.2 Å². The number of ketones is 1. The van der Waals surface area contributed by atoms with Crippen molar-refractivity contribution in [1.29, 1.82) is 0 Å². The molecule has 7 nitrogen and oxygen atoms in total. The molecular weight excluding hydrogens is 582 g/mol. The fraction of sp³-hybridized carbons (Fsp3) is 0. The van der Waals surface area contributed by atoms with Crippen molar-refractivity contribution in [3.05, 3.63) is 121 Å². The Bertz CT molecular complexity index is 1760. The van der Waals surface area contributed by atoms with E-state index < -0.39 is 11.8 Å². The van der Waals surface area contributed by atoms with Crippen molar-refractivity contribution in [3.63, 3.8) is 0 Å². The second-order valence-corrected chi connectivity index (χ2v) is 9.80. The molecule has 0 bridgehead atoms. The molecule has 1 heterocycles. The van der Waals surface area contributed by atoms with Crippen LogP contribution in [0.5, 0.6) is 0 Å². The molecule has 4 aromatic carbocycles. The number of imidazole rings is 1. The highest BCUT2D eigenvalue weighted by molar-refractivity contribution is 6.54. The van der Waals surface area contributed by atoms with E-state index in [2.05, 4.69) is 20.8 Å². The smallest absolute Gasteiger partial charge is 0.272 e. The predicted molar refractivity (Wildman–Crippen MR) is 153 cm³/mol. The van der Waals surface area contributed by atoms with Gasteiger partial charge < -0.3 is 4.98 Å². The van der Waals surface area contributed by atoms with Crippen LogP contribution in [0.1, 0.15) is 36.6 Å². The lowest BCUT2D eigenvalue weighted by Crippen LogP contribution is -2.42. The van der Waals surface area contributed by atoms with Crippen LogP contribution in [0.2, 0.25) is 20.1 Å². The number of nitrogens with one attached hydrogen (secondary N) is 3. The van der Waals surface area contributed by atoms with E-state index in [0.717, 1.165) is 0 Å². The van der Waals surface area contributed by atoms with E-state index >= 15 is 0 Å². The van der Waals surface area contributed by atoms with Gasteiger partial charge in [0.25, 0.3) is 11.8 Å². The van der Waals surface area contributed by atoms with E-state index in [9.17, 15) is 14.4 Å². The molecule has 11 heteroatoms. The van der Waals surface area contributed by atoms with Crippen molar-refractivity contribution in [1.82, 2.24) is 20.8 Å². The Balaban J connectivity index is 1.53. The Morgan fingerprint density at radius 2 is 1.23 bits per heavy atom. The minimum Gasteiger partial charge on any atom is -0.338 e. The van der Waals surface area contributed by atoms with Gasteiger partial charge in [0.15, 0.2) is 5.78 Å². The zero-order valence-corrected chi connectivity index (χ0v) is 22.7. The van der Waals surface area contributed by atoms with Crippen molar-refractivity contribution >= 4 is 75.0 Å². The summed E-state index contributed by atoms with van der Waals surface area (Å²) in [6, 6.07) is 22.1. The second kappa shape index (κ2) is 11.1. The number of rotatable bonds is 5. The summed E-state index contributed by atoms with van der Waals surface area (Å²) < 4.78 is 0. The third-order valence-corrected chi connectivity index (χ3v) is 7.64. The zero-order valence-electron chi connectivity index (χ0n) is 19.7. The molecule has 0 fully saturated rings. The number of aromatic amines is 1. The Kier molecular flexibility index (Phi) is 7.59. The molecule has 0 aliphatic carbocycles.